The van der Waals surface area contributed by atoms with Gasteiger partial charge < -0.3 is 19.5 Å². The van der Waals surface area contributed by atoms with E-state index in [-0.39, 0.29) is 5.97 Å². The van der Waals surface area contributed by atoms with Crippen molar-refractivity contribution in [3.63, 3.8) is 0 Å². The highest BCUT2D eigenvalue weighted by molar-refractivity contribution is 5.80. The Balaban J connectivity index is 2.15. The normalized spacial score (nSPS) is 19.6. The first-order valence-electron chi connectivity index (χ1n) is 7.64. The summed E-state index contributed by atoms with van der Waals surface area (Å²) in [5.74, 6) is 0.441. The van der Waals surface area contributed by atoms with E-state index in [1.54, 1.807) is 7.05 Å². The Kier molecular flexibility index (Phi) is 8.11. The zero-order valence-corrected chi connectivity index (χ0v) is 13.1. The van der Waals surface area contributed by atoms with Crippen LogP contribution in [0.2, 0.25) is 0 Å². The molecule has 118 valence electrons. The predicted octanol–water partition coefficient (Wildman–Crippen LogP) is 1.75. The molecule has 1 heterocycles. The molecule has 20 heavy (non-hydrogen) atoms. The minimum Gasteiger partial charge on any atom is -0.465 e. The highest BCUT2D eigenvalue weighted by Crippen LogP contribution is 2.17. The van der Waals surface area contributed by atoms with Crippen molar-refractivity contribution in [2.24, 2.45) is 5.92 Å². The van der Waals surface area contributed by atoms with E-state index >= 15 is 0 Å². The van der Waals surface area contributed by atoms with E-state index in [1.807, 2.05) is 13.8 Å². The first-order chi connectivity index (χ1) is 9.62. The summed E-state index contributed by atoms with van der Waals surface area (Å²) in [5.41, 5.74) is -0.613. The molecule has 1 atom stereocenters. The zero-order valence-electron chi connectivity index (χ0n) is 13.1. The van der Waals surface area contributed by atoms with Gasteiger partial charge in [0.1, 0.15) is 5.54 Å². The number of ether oxygens (including phenoxy) is 3. The van der Waals surface area contributed by atoms with E-state index in [4.69, 9.17) is 14.2 Å². The molecule has 1 N–H and O–H groups in total. The molecule has 0 aromatic heterocycles. The average Bonchev–Trinajstić information content (AvgIpc) is 2.48. The minimum absolute atomic E-state index is 0.188. The van der Waals surface area contributed by atoms with Crippen molar-refractivity contribution < 1.29 is 19.0 Å². The molecule has 0 aromatic rings. The van der Waals surface area contributed by atoms with Crippen molar-refractivity contribution in [2.45, 2.75) is 45.1 Å². The van der Waals surface area contributed by atoms with Gasteiger partial charge in [0.2, 0.25) is 0 Å². The van der Waals surface area contributed by atoms with E-state index in [2.05, 4.69) is 5.32 Å². The number of nitrogens with one attached hydrogen (secondary N) is 1. The van der Waals surface area contributed by atoms with Gasteiger partial charge in [-0.1, -0.05) is 0 Å². The molecule has 1 saturated heterocycles. The van der Waals surface area contributed by atoms with Crippen LogP contribution < -0.4 is 5.32 Å². The molecule has 1 aliphatic heterocycles. The van der Waals surface area contributed by atoms with Crippen LogP contribution >= 0.6 is 0 Å². The lowest BCUT2D eigenvalue weighted by Gasteiger charge is -2.27. The van der Waals surface area contributed by atoms with Crippen LogP contribution in [0.25, 0.3) is 0 Å². The molecule has 0 bridgehead atoms. The Hall–Kier alpha value is -0.650. The van der Waals surface area contributed by atoms with Crippen molar-refractivity contribution in [3.05, 3.63) is 0 Å². The molecule has 0 aromatic carbocycles. The predicted molar refractivity (Wildman–Crippen MR) is 77.7 cm³/mol. The fraction of sp³-hybridized carbons (Fsp3) is 0.933. The molecular weight excluding hydrogens is 258 g/mol. The van der Waals surface area contributed by atoms with Gasteiger partial charge in [-0.15, -0.1) is 0 Å². The third-order valence-electron chi connectivity index (χ3n) is 3.94. The number of hydrogen-bond donors (Lipinski definition) is 1. The average molecular weight is 287 g/mol. The summed E-state index contributed by atoms with van der Waals surface area (Å²) in [4.78, 5) is 11.9. The van der Waals surface area contributed by atoms with Crippen LogP contribution in [0.15, 0.2) is 0 Å². The van der Waals surface area contributed by atoms with Crippen LogP contribution in [0.5, 0.6) is 0 Å². The van der Waals surface area contributed by atoms with E-state index in [0.29, 0.717) is 19.1 Å². The molecule has 0 spiro atoms. The molecular formula is C15H29NO4. The van der Waals surface area contributed by atoms with Gasteiger partial charge >= 0.3 is 5.97 Å². The van der Waals surface area contributed by atoms with Gasteiger partial charge in [0.05, 0.1) is 6.61 Å². The zero-order chi connectivity index (χ0) is 14.8. The summed E-state index contributed by atoms with van der Waals surface area (Å²) >= 11 is 0. The van der Waals surface area contributed by atoms with E-state index in [0.717, 1.165) is 45.5 Å². The maximum absolute atomic E-state index is 11.9. The standard InChI is InChI=1S/C15H29NO4/c1-4-20-14(17)15(2,16-3)8-5-9-19-12-13-6-10-18-11-7-13/h13,16H,4-12H2,1-3H3. The number of esters is 1. The van der Waals surface area contributed by atoms with E-state index < -0.39 is 5.54 Å². The molecule has 0 amide bonds. The second-order valence-electron chi connectivity index (χ2n) is 5.54. The lowest BCUT2D eigenvalue weighted by molar-refractivity contribution is -0.150. The number of likely N-dealkylation sites (N-methyl/N-ethyl adjacent to an activating group) is 1. The van der Waals surface area contributed by atoms with Gasteiger partial charge in [0, 0.05) is 26.4 Å². The number of carbonyl (C=O) groups excluding carboxylic acids is 1. The first-order valence-corrected chi connectivity index (χ1v) is 7.64. The quantitative estimate of drug-likeness (QED) is 0.517. The summed E-state index contributed by atoms with van der Waals surface area (Å²) in [5, 5.41) is 3.06. The lowest BCUT2D eigenvalue weighted by Crippen LogP contribution is -2.48. The van der Waals surface area contributed by atoms with Crippen molar-refractivity contribution in [3.8, 4) is 0 Å². The van der Waals surface area contributed by atoms with Crippen molar-refractivity contribution in [1.82, 2.24) is 5.32 Å². The molecule has 0 radical (unpaired) electrons. The maximum Gasteiger partial charge on any atom is 0.326 e. The van der Waals surface area contributed by atoms with Crippen LogP contribution in [0, 0.1) is 5.92 Å². The van der Waals surface area contributed by atoms with Crippen molar-refractivity contribution in [2.75, 3.05) is 40.1 Å². The van der Waals surface area contributed by atoms with Gasteiger partial charge in [0.15, 0.2) is 0 Å². The second kappa shape index (κ2) is 9.32. The smallest absolute Gasteiger partial charge is 0.326 e. The summed E-state index contributed by atoms with van der Waals surface area (Å²) in [6, 6.07) is 0. The van der Waals surface area contributed by atoms with Crippen molar-refractivity contribution >= 4 is 5.97 Å². The number of carbonyl (C=O) groups is 1. The Labute approximate surface area is 122 Å². The summed E-state index contributed by atoms with van der Waals surface area (Å²) in [6.45, 7) is 7.32. The fourth-order valence-electron chi connectivity index (χ4n) is 2.31. The number of rotatable bonds is 9. The molecule has 0 aliphatic carbocycles. The van der Waals surface area contributed by atoms with Crippen molar-refractivity contribution in [1.29, 1.82) is 0 Å². The van der Waals surface area contributed by atoms with Crippen LogP contribution in [-0.4, -0.2) is 51.6 Å². The summed E-state index contributed by atoms with van der Waals surface area (Å²) in [7, 11) is 1.79. The Morgan fingerprint density at radius 2 is 2.10 bits per heavy atom. The Bertz CT molecular complexity index is 279. The van der Waals surface area contributed by atoms with Gasteiger partial charge in [-0.2, -0.15) is 0 Å². The molecule has 1 unspecified atom stereocenters. The van der Waals surface area contributed by atoms with Gasteiger partial charge in [0.25, 0.3) is 0 Å². The Morgan fingerprint density at radius 3 is 2.70 bits per heavy atom. The highest BCUT2D eigenvalue weighted by atomic mass is 16.5. The highest BCUT2D eigenvalue weighted by Gasteiger charge is 2.32. The van der Waals surface area contributed by atoms with Crippen LogP contribution in [-0.2, 0) is 19.0 Å². The lowest BCUT2D eigenvalue weighted by atomic mass is 9.96. The van der Waals surface area contributed by atoms with Gasteiger partial charge in [-0.25, -0.2) is 0 Å². The van der Waals surface area contributed by atoms with Crippen LogP contribution in [0.4, 0.5) is 0 Å². The van der Waals surface area contributed by atoms with E-state index in [1.165, 1.54) is 0 Å². The number of hydrogen-bond acceptors (Lipinski definition) is 5. The molecule has 5 nitrogen and oxygen atoms in total. The Morgan fingerprint density at radius 1 is 1.40 bits per heavy atom. The van der Waals surface area contributed by atoms with Crippen LogP contribution in [0.3, 0.4) is 0 Å². The molecule has 1 rings (SSSR count). The third-order valence-corrected chi connectivity index (χ3v) is 3.94. The SMILES string of the molecule is CCOC(=O)C(C)(CCCOCC1CCOCC1)NC. The summed E-state index contributed by atoms with van der Waals surface area (Å²) in [6.07, 6.45) is 3.75. The molecule has 5 heteroatoms. The second-order valence-corrected chi connectivity index (χ2v) is 5.54. The monoisotopic (exact) mass is 287 g/mol. The van der Waals surface area contributed by atoms with Gasteiger partial charge in [-0.05, 0) is 52.5 Å². The molecule has 1 aliphatic rings. The van der Waals surface area contributed by atoms with Gasteiger partial charge in [-0.3, -0.25) is 4.79 Å². The topological polar surface area (TPSA) is 56.8 Å². The minimum atomic E-state index is -0.613. The summed E-state index contributed by atoms with van der Waals surface area (Å²) < 4.78 is 16.1. The maximum atomic E-state index is 11.9. The fourth-order valence-corrected chi connectivity index (χ4v) is 2.31. The molecule has 0 saturated carbocycles. The largest absolute Gasteiger partial charge is 0.465 e. The molecule has 1 fully saturated rings. The van der Waals surface area contributed by atoms with E-state index in [9.17, 15) is 4.79 Å². The first kappa shape index (κ1) is 17.4. The third kappa shape index (κ3) is 5.77. The van der Waals surface area contributed by atoms with Crippen LogP contribution in [0.1, 0.15) is 39.5 Å².